The highest BCUT2D eigenvalue weighted by molar-refractivity contribution is 5.76. The van der Waals surface area contributed by atoms with Gasteiger partial charge < -0.3 is 82.9 Å². The second kappa shape index (κ2) is 14.0. The van der Waals surface area contributed by atoms with Crippen molar-refractivity contribution in [1.29, 1.82) is 0 Å². The number of guanidine groups is 2. The van der Waals surface area contributed by atoms with Crippen molar-refractivity contribution in [1.82, 2.24) is 5.32 Å². The average molecular weight is 610 g/mol. The molecule has 0 aromatic heterocycles. The van der Waals surface area contributed by atoms with Crippen molar-refractivity contribution in [2.45, 2.75) is 98.5 Å². The van der Waals surface area contributed by atoms with Gasteiger partial charge in [-0.05, 0) is 20.4 Å². The molecule has 42 heavy (non-hydrogen) atoms. The number of nitrogens with one attached hydrogen (secondary N) is 1. The molecule has 1 aliphatic carbocycles. The van der Waals surface area contributed by atoms with Crippen LogP contribution < -0.4 is 28.3 Å². The van der Waals surface area contributed by atoms with Gasteiger partial charge in [-0.1, -0.05) is 0 Å². The Hall–Kier alpha value is -2.27. The van der Waals surface area contributed by atoms with E-state index in [1.165, 1.54) is 6.92 Å². The van der Waals surface area contributed by atoms with Crippen molar-refractivity contribution in [3.8, 4) is 0 Å². The Morgan fingerprint density at radius 2 is 1.52 bits per heavy atom. The predicted molar refractivity (Wildman–Crippen MR) is 142 cm³/mol. The van der Waals surface area contributed by atoms with E-state index in [4.69, 9.17) is 41.9 Å². The highest BCUT2D eigenvalue weighted by Gasteiger charge is 2.60. The van der Waals surface area contributed by atoms with Crippen molar-refractivity contribution in [3.63, 3.8) is 0 Å². The summed E-state index contributed by atoms with van der Waals surface area (Å²) in [4.78, 5) is 19.8. The molecule has 2 heterocycles. The average Bonchev–Trinajstić information content (AvgIpc) is 3.16. The van der Waals surface area contributed by atoms with Crippen LogP contribution in [-0.4, -0.2) is 159 Å². The first-order valence-electron chi connectivity index (χ1n) is 13.4. The van der Waals surface area contributed by atoms with Crippen LogP contribution in [0.1, 0.15) is 13.3 Å². The molecule has 16 N–H and O–H groups in total. The molecule has 19 nitrogen and oxygen atoms in total. The number of carbonyl (C=O) groups excluding carboxylic acids is 1. The molecule has 15 atom stereocenters. The van der Waals surface area contributed by atoms with Crippen LogP contribution in [-0.2, 0) is 23.7 Å². The topological polar surface area (TPSA) is 336 Å². The van der Waals surface area contributed by atoms with Crippen LogP contribution in [0.3, 0.4) is 0 Å². The van der Waals surface area contributed by atoms with Crippen LogP contribution in [0, 0.1) is 5.92 Å². The standard InChI is InChI=1S/C23H43N7O12/c1-7-23(38,6-32)18(42-19-8(5-28-2)12(33)13(34)9(40-19)3-4-31)20(39-7)41-17-11(30-22(26)27)14(35)10(29-21(24)25)15(36)16(17)37/h6-20,28,31,33-38H,3-5H2,1-2H3,(H4,24,25,29)(H4,26,27,30)/t7-,8-,9-,10+,11-,12-,13-,14+,15-,16+,17+,18-,19-,20-,23-/m0/s1. The molecule has 242 valence electrons. The van der Waals surface area contributed by atoms with Crippen molar-refractivity contribution in [2.75, 3.05) is 20.2 Å². The molecular formula is C23H43N7O12. The largest absolute Gasteiger partial charge is 0.396 e. The van der Waals surface area contributed by atoms with E-state index in [2.05, 4.69) is 15.3 Å². The third-order valence-corrected chi connectivity index (χ3v) is 7.80. The number of hydrogen-bond acceptors (Lipinski definition) is 15. The number of aldehydes is 1. The Balaban J connectivity index is 1.98. The minimum atomic E-state index is -2.37. The molecule has 2 aliphatic heterocycles. The Morgan fingerprint density at radius 1 is 0.905 bits per heavy atom. The van der Waals surface area contributed by atoms with Gasteiger partial charge in [0.2, 0.25) is 0 Å². The zero-order chi connectivity index (χ0) is 31.5. The number of aliphatic imine (C=N–C) groups is 2. The first-order valence-corrected chi connectivity index (χ1v) is 13.4. The lowest BCUT2D eigenvalue weighted by Crippen LogP contribution is -2.65. The molecule has 19 heteroatoms. The summed E-state index contributed by atoms with van der Waals surface area (Å²) in [5.41, 5.74) is 19.5. The summed E-state index contributed by atoms with van der Waals surface area (Å²) >= 11 is 0. The van der Waals surface area contributed by atoms with E-state index in [9.17, 15) is 40.5 Å². The summed E-state index contributed by atoms with van der Waals surface area (Å²) in [6.45, 7) is 1.02. The molecule has 0 aromatic rings. The lowest BCUT2D eigenvalue weighted by molar-refractivity contribution is -0.322. The summed E-state index contributed by atoms with van der Waals surface area (Å²) in [5, 5.41) is 77.5. The fraction of sp³-hybridized carbons (Fsp3) is 0.870. The van der Waals surface area contributed by atoms with Gasteiger partial charge in [-0.2, -0.15) is 0 Å². The summed E-state index contributed by atoms with van der Waals surface area (Å²) in [6.07, 6.45) is -16.7. The molecular weight excluding hydrogens is 566 g/mol. The second-order valence-corrected chi connectivity index (χ2v) is 10.6. The summed E-state index contributed by atoms with van der Waals surface area (Å²) in [6, 6.07) is -2.95. The smallest absolute Gasteiger partial charge is 0.188 e. The van der Waals surface area contributed by atoms with Crippen molar-refractivity contribution >= 4 is 18.2 Å². The fourth-order valence-corrected chi connectivity index (χ4v) is 5.51. The van der Waals surface area contributed by atoms with Gasteiger partial charge >= 0.3 is 0 Å². The molecule has 0 amide bonds. The van der Waals surface area contributed by atoms with E-state index in [1.54, 1.807) is 7.05 Å². The number of ether oxygens (including phenoxy) is 4. The van der Waals surface area contributed by atoms with Gasteiger partial charge in [0.15, 0.2) is 36.4 Å². The third-order valence-electron chi connectivity index (χ3n) is 7.80. The van der Waals surface area contributed by atoms with Crippen LogP contribution in [0.2, 0.25) is 0 Å². The summed E-state index contributed by atoms with van der Waals surface area (Å²) < 4.78 is 23.5. The lowest BCUT2D eigenvalue weighted by atomic mass is 9.81. The van der Waals surface area contributed by atoms with Gasteiger partial charge in [-0.15, -0.1) is 0 Å². The number of nitrogens with two attached hydrogens (primary N) is 4. The molecule has 0 unspecified atom stereocenters. The molecule has 3 fully saturated rings. The van der Waals surface area contributed by atoms with E-state index in [-0.39, 0.29) is 25.9 Å². The SMILES string of the molecule is CNC[C@@H]1[C@H](O[C@H]2[C@H](O[C@H]3[C@H](O)[C@@H](O)[C@H](N=C(N)N)[C@@H](O)[C@@H]3N=C(N)N)O[C@@H](C)[C@@]2(O)C=O)O[C@@H](CCO)[C@H](O)[C@H]1O. The Kier molecular flexibility index (Phi) is 11.4. The first-order chi connectivity index (χ1) is 19.7. The van der Waals surface area contributed by atoms with E-state index in [1.807, 2.05) is 0 Å². The number of nitrogens with zero attached hydrogens (tertiary/aromatic N) is 2. The van der Waals surface area contributed by atoms with Crippen LogP contribution in [0.4, 0.5) is 0 Å². The third kappa shape index (κ3) is 6.77. The van der Waals surface area contributed by atoms with Crippen molar-refractivity contribution in [2.24, 2.45) is 38.8 Å². The Morgan fingerprint density at radius 3 is 2.07 bits per heavy atom. The maximum absolute atomic E-state index is 12.2. The zero-order valence-electron chi connectivity index (χ0n) is 23.2. The molecule has 0 aromatic carbocycles. The highest BCUT2D eigenvalue weighted by Crippen LogP contribution is 2.39. The molecule has 0 bridgehead atoms. The van der Waals surface area contributed by atoms with Crippen molar-refractivity contribution in [3.05, 3.63) is 0 Å². The second-order valence-electron chi connectivity index (χ2n) is 10.6. The minimum absolute atomic E-state index is 0.0569. The van der Waals surface area contributed by atoms with E-state index in [0.717, 1.165) is 0 Å². The minimum Gasteiger partial charge on any atom is -0.396 e. The van der Waals surface area contributed by atoms with Crippen molar-refractivity contribution < 1.29 is 59.5 Å². The number of aliphatic hydroxyl groups excluding tert-OH is 6. The maximum Gasteiger partial charge on any atom is 0.188 e. The van der Waals surface area contributed by atoms with Gasteiger partial charge in [-0.3, -0.25) is 4.79 Å². The van der Waals surface area contributed by atoms with Crippen LogP contribution in [0.25, 0.3) is 0 Å². The fourth-order valence-electron chi connectivity index (χ4n) is 5.51. The zero-order valence-corrected chi connectivity index (χ0v) is 23.2. The first kappa shape index (κ1) is 34.2. The van der Waals surface area contributed by atoms with E-state index in [0.29, 0.717) is 0 Å². The van der Waals surface area contributed by atoms with Gasteiger partial charge in [0.05, 0.1) is 24.2 Å². The molecule has 3 rings (SSSR count). The maximum atomic E-state index is 12.2. The number of hydrogen-bond donors (Lipinski definition) is 12. The highest BCUT2D eigenvalue weighted by atomic mass is 16.8. The number of aliphatic hydroxyl groups is 7. The van der Waals surface area contributed by atoms with Crippen LogP contribution in [0.5, 0.6) is 0 Å². The number of carbonyl (C=O) groups is 1. The predicted octanol–water partition coefficient (Wildman–Crippen LogP) is -7.52. The molecule has 2 saturated heterocycles. The van der Waals surface area contributed by atoms with Crippen LogP contribution >= 0.6 is 0 Å². The lowest BCUT2D eigenvalue weighted by Gasteiger charge is -2.45. The number of rotatable bonds is 11. The Bertz CT molecular complexity index is 972. The quantitative estimate of drug-likeness (QED) is 0.0587. The molecule has 0 spiro atoms. The van der Waals surface area contributed by atoms with E-state index < -0.39 is 103 Å². The normalized spacial score (nSPS) is 45.7. The molecule has 1 saturated carbocycles. The summed E-state index contributed by atoms with van der Waals surface area (Å²) in [7, 11) is 1.57. The van der Waals surface area contributed by atoms with Gasteiger partial charge in [0, 0.05) is 13.2 Å². The monoisotopic (exact) mass is 609 g/mol. The van der Waals surface area contributed by atoms with Crippen LogP contribution in [0.15, 0.2) is 9.98 Å². The van der Waals surface area contributed by atoms with Gasteiger partial charge in [-0.25, -0.2) is 9.98 Å². The Labute approximate surface area is 241 Å². The summed E-state index contributed by atoms with van der Waals surface area (Å²) in [5.74, 6) is -1.96. The molecule has 0 radical (unpaired) electrons. The molecule has 3 aliphatic rings. The van der Waals surface area contributed by atoms with E-state index >= 15 is 0 Å². The van der Waals surface area contributed by atoms with Gasteiger partial charge in [0.25, 0.3) is 0 Å². The van der Waals surface area contributed by atoms with Gasteiger partial charge in [0.1, 0.15) is 48.7 Å².